The van der Waals surface area contributed by atoms with E-state index in [1.54, 1.807) is 6.07 Å². The van der Waals surface area contributed by atoms with Crippen LogP contribution in [0, 0.1) is 5.82 Å². The van der Waals surface area contributed by atoms with Gasteiger partial charge in [-0.25, -0.2) is 4.39 Å². The van der Waals surface area contributed by atoms with Crippen LogP contribution in [-0.4, -0.2) is 16.1 Å². The Morgan fingerprint density at radius 1 is 1.50 bits per heavy atom. The van der Waals surface area contributed by atoms with E-state index >= 15 is 0 Å². The number of carboxylic acids is 1. The lowest BCUT2D eigenvalue weighted by Gasteiger charge is -2.17. The van der Waals surface area contributed by atoms with Gasteiger partial charge in [0.25, 0.3) is 0 Å². The highest BCUT2D eigenvalue weighted by Gasteiger charge is 2.10. The maximum Gasteiger partial charge on any atom is 0.303 e. The molecule has 1 aromatic rings. The van der Waals surface area contributed by atoms with Crippen molar-refractivity contribution in [2.24, 2.45) is 0 Å². The van der Waals surface area contributed by atoms with Crippen LogP contribution < -0.4 is 4.31 Å². The van der Waals surface area contributed by atoms with Gasteiger partial charge in [-0.1, -0.05) is 31.1 Å². The van der Waals surface area contributed by atoms with Crippen LogP contribution in [0.25, 0.3) is 0 Å². The Bertz CT molecular complexity index is 412. The van der Waals surface area contributed by atoms with Crippen molar-refractivity contribution in [3.63, 3.8) is 0 Å². The van der Waals surface area contributed by atoms with E-state index in [9.17, 15) is 9.18 Å². The van der Waals surface area contributed by atoms with Crippen LogP contribution in [0.1, 0.15) is 12.8 Å². The number of halogens is 1. The van der Waals surface area contributed by atoms with E-state index in [0.29, 0.717) is 10.7 Å². The van der Waals surface area contributed by atoms with Crippen LogP contribution in [0.3, 0.4) is 0 Å². The Kier molecular flexibility index (Phi) is 4.70. The highest BCUT2D eigenvalue weighted by atomic mass is 32.1. The van der Waals surface area contributed by atoms with Gasteiger partial charge in [0.2, 0.25) is 0 Å². The van der Waals surface area contributed by atoms with Crippen molar-refractivity contribution in [1.82, 2.24) is 0 Å². The first-order chi connectivity index (χ1) is 7.50. The molecule has 0 bridgehead atoms. The topological polar surface area (TPSA) is 40.5 Å². The average Bonchev–Trinajstić information content (AvgIpc) is 2.24. The van der Waals surface area contributed by atoms with Crippen molar-refractivity contribution in [1.29, 1.82) is 0 Å². The SMILES string of the molecule is O=C(O)CCC(=S)N(S)c1cccc(F)c1. The van der Waals surface area contributed by atoms with Gasteiger partial charge in [-0.15, -0.1) is 0 Å². The number of carbonyl (C=O) groups is 1. The van der Waals surface area contributed by atoms with E-state index in [2.05, 4.69) is 12.8 Å². The summed E-state index contributed by atoms with van der Waals surface area (Å²) in [4.78, 5) is 10.7. The van der Waals surface area contributed by atoms with E-state index in [-0.39, 0.29) is 12.8 Å². The maximum atomic E-state index is 12.9. The van der Waals surface area contributed by atoms with Crippen LogP contribution >= 0.6 is 25.0 Å². The molecule has 0 saturated carbocycles. The van der Waals surface area contributed by atoms with Crippen molar-refractivity contribution in [2.45, 2.75) is 12.8 Å². The van der Waals surface area contributed by atoms with Gasteiger partial charge in [-0.05, 0) is 18.2 Å². The Balaban J connectivity index is 2.66. The van der Waals surface area contributed by atoms with E-state index in [1.165, 1.54) is 22.5 Å². The molecule has 0 aliphatic heterocycles. The highest BCUT2D eigenvalue weighted by Crippen LogP contribution is 2.19. The number of hydrogen-bond donors (Lipinski definition) is 2. The van der Waals surface area contributed by atoms with E-state index in [1.807, 2.05) is 0 Å². The zero-order valence-electron chi connectivity index (χ0n) is 8.26. The first-order valence-corrected chi connectivity index (χ1v) is 5.30. The number of benzene rings is 1. The molecule has 0 aromatic heterocycles. The number of hydrogen-bond acceptors (Lipinski definition) is 3. The molecular weight excluding hydrogens is 249 g/mol. The average molecular weight is 259 g/mol. The maximum absolute atomic E-state index is 12.9. The summed E-state index contributed by atoms with van der Waals surface area (Å²) in [5.74, 6) is -1.32. The van der Waals surface area contributed by atoms with Crippen LogP contribution in [-0.2, 0) is 4.79 Å². The Hall–Kier alpha value is -1.14. The minimum absolute atomic E-state index is 0.0643. The molecule has 0 unspecified atom stereocenters. The van der Waals surface area contributed by atoms with Gasteiger partial charge in [0.15, 0.2) is 0 Å². The number of carboxylic acid groups (broad SMARTS) is 1. The minimum atomic E-state index is -0.927. The second kappa shape index (κ2) is 5.81. The highest BCUT2D eigenvalue weighted by molar-refractivity contribution is 7.87. The van der Waals surface area contributed by atoms with E-state index in [4.69, 9.17) is 17.3 Å². The molecule has 1 rings (SSSR count). The summed E-state index contributed by atoms with van der Waals surface area (Å²) in [7, 11) is 0. The van der Waals surface area contributed by atoms with Gasteiger partial charge in [0.1, 0.15) is 5.82 Å². The molecule has 0 heterocycles. The molecule has 0 aliphatic rings. The molecule has 0 atom stereocenters. The van der Waals surface area contributed by atoms with Gasteiger partial charge < -0.3 is 5.11 Å². The molecule has 0 radical (unpaired) electrons. The van der Waals surface area contributed by atoms with Crippen molar-refractivity contribution in [3.05, 3.63) is 30.1 Å². The molecule has 0 aliphatic carbocycles. The second-order valence-electron chi connectivity index (χ2n) is 3.08. The molecule has 3 nitrogen and oxygen atoms in total. The van der Waals surface area contributed by atoms with Crippen LogP contribution in [0.4, 0.5) is 10.1 Å². The lowest BCUT2D eigenvalue weighted by Crippen LogP contribution is -2.19. The number of thiol groups is 1. The van der Waals surface area contributed by atoms with E-state index in [0.717, 1.165) is 0 Å². The molecule has 6 heteroatoms. The zero-order valence-corrected chi connectivity index (χ0v) is 9.97. The summed E-state index contributed by atoms with van der Waals surface area (Å²) in [5.41, 5.74) is 0.485. The first-order valence-electron chi connectivity index (χ1n) is 4.50. The summed E-state index contributed by atoms with van der Waals surface area (Å²) in [6, 6.07) is 5.77. The molecule has 1 aromatic carbocycles. The third kappa shape index (κ3) is 3.79. The number of rotatable bonds is 4. The molecule has 0 amide bonds. The first kappa shape index (κ1) is 12.9. The van der Waals surface area contributed by atoms with Crippen molar-refractivity contribution >= 4 is 41.7 Å². The van der Waals surface area contributed by atoms with Crippen LogP contribution in [0.5, 0.6) is 0 Å². The molecule has 0 spiro atoms. The largest absolute Gasteiger partial charge is 0.481 e. The third-order valence-corrected chi connectivity index (χ3v) is 2.84. The van der Waals surface area contributed by atoms with Gasteiger partial charge in [-0.2, -0.15) is 0 Å². The summed E-state index contributed by atoms with van der Waals surface area (Å²) in [5, 5.41) is 8.50. The summed E-state index contributed by atoms with van der Waals surface area (Å²) in [6.07, 6.45) is 0.135. The summed E-state index contributed by atoms with van der Waals surface area (Å²) in [6.45, 7) is 0. The number of aliphatic carboxylic acids is 1. The fourth-order valence-corrected chi connectivity index (χ4v) is 1.50. The lowest BCUT2D eigenvalue weighted by molar-refractivity contribution is -0.136. The summed E-state index contributed by atoms with van der Waals surface area (Å²) >= 11 is 9.08. The molecule has 1 N–H and O–H groups in total. The smallest absolute Gasteiger partial charge is 0.303 e. The van der Waals surface area contributed by atoms with Gasteiger partial charge in [-0.3, -0.25) is 9.10 Å². The monoisotopic (exact) mass is 259 g/mol. The molecule has 16 heavy (non-hydrogen) atoms. The Morgan fingerprint density at radius 2 is 2.19 bits per heavy atom. The summed E-state index contributed by atoms with van der Waals surface area (Å²) < 4.78 is 14.2. The second-order valence-corrected chi connectivity index (χ2v) is 3.95. The molecular formula is C10H10FNO2S2. The van der Waals surface area contributed by atoms with Gasteiger partial charge in [0.05, 0.1) is 17.1 Å². The third-order valence-electron chi connectivity index (χ3n) is 1.84. The standard InChI is InChI=1S/C10H10FNO2S2/c11-7-2-1-3-8(6-7)12(16)9(15)4-5-10(13)14/h1-3,6,16H,4-5H2,(H,13,14). The minimum Gasteiger partial charge on any atom is -0.481 e. The van der Waals surface area contributed by atoms with Gasteiger partial charge >= 0.3 is 5.97 Å². The van der Waals surface area contributed by atoms with Gasteiger partial charge in [0, 0.05) is 6.42 Å². The predicted molar refractivity (Wildman–Crippen MR) is 67.3 cm³/mol. The normalized spacial score (nSPS) is 9.88. The zero-order chi connectivity index (χ0) is 12.1. The molecule has 86 valence electrons. The fourth-order valence-electron chi connectivity index (χ4n) is 1.07. The fraction of sp³-hybridized carbons (Fsp3) is 0.200. The van der Waals surface area contributed by atoms with Crippen LogP contribution in [0.2, 0.25) is 0 Å². The Morgan fingerprint density at radius 3 is 2.75 bits per heavy atom. The number of thiocarbonyl (C=S) groups is 1. The van der Waals surface area contributed by atoms with Crippen LogP contribution in [0.15, 0.2) is 24.3 Å². The van der Waals surface area contributed by atoms with E-state index < -0.39 is 11.8 Å². The Labute approximate surface area is 103 Å². The molecule has 0 fully saturated rings. The van der Waals surface area contributed by atoms with Crippen molar-refractivity contribution < 1.29 is 14.3 Å². The quantitative estimate of drug-likeness (QED) is 0.644. The lowest BCUT2D eigenvalue weighted by atomic mass is 10.2. The van der Waals surface area contributed by atoms with Crippen molar-refractivity contribution in [3.8, 4) is 0 Å². The molecule has 0 saturated heterocycles. The number of nitrogens with zero attached hydrogens (tertiary/aromatic N) is 1. The predicted octanol–water partition coefficient (Wildman–Crippen LogP) is 2.67. The van der Waals surface area contributed by atoms with Crippen molar-refractivity contribution in [2.75, 3.05) is 4.31 Å². The number of anilines is 1.